The molecule has 3 aromatic rings. The molecule has 0 radical (unpaired) electrons. The molecule has 1 aliphatic carbocycles. The fourth-order valence-corrected chi connectivity index (χ4v) is 2.37. The monoisotopic (exact) mass is 280 g/mol. The summed E-state index contributed by atoms with van der Waals surface area (Å²) >= 11 is 0. The Morgan fingerprint density at radius 3 is 2.95 bits per heavy atom. The lowest BCUT2D eigenvalue weighted by atomic mass is 10.2. The largest absolute Gasteiger partial charge is 0.363 e. The average molecular weight is 280 g/mol. The minimum atomic E-state index is 0.529. The average Bonchev–Trinajstić information content (AvgIpc) is 3.26. The van der Waals surface area contributed by atoms with Gasteiger partial charge in [-0.05, 0) is 43.5 Å². The smallest absolute Gasteiger partial charge is 0.178 e. The van der Waals surface area contributed by atoms with Gasteiger partial charge in [-0.2, -0.15) is 4.52 Å². The van der Waals surface area contributed by atoms with E-state index in [9.17, 15) is 0 Å². The van der Waals surface area contributed by atoms with Crippen LogP contribution < -0.4 is 5.32 Å². The van der Waals surface area contributed by atoms with Gasteiger partial charge in [0.1, 0.15) is 5.82 Å². The van der Waals surface area contributed by atoms with E-state index in [0.717, 1.165) is 23.0 Å². The van der Waals surface area contributed by atoms with Gasteiger partial charge in [0, 0.05) is 12.1 Å². The van der Waals surface area contributed by atoms with Crippen molar-refractivity contribution < 1.29 is 0 Å². The minimum Gasteiger partial charge on any atom is -0.363 e. The van der Waals surface area contributed by atoms with Gasteiger partial charge in [-0.15, -0.1) is 15.3 Å². The highest BCUT2D eigenvalue weighted by atomic mass is 15.4. The minimum absolute atomic E-state index is 0.529. The molecule has 106 valence electrons. The molecular formula is C15H16N6. The summed E-state index contributed by atoms with van der Waals surface area (Å²) in [5.74, 6) is 2.32. The third-order valence-electron chi connectivity index (χ3n) is 3.78. The number of aryl methyl sites for hydroxylation is 1. The Hall–Kier alpha value is -2.50. The van der Waals surface area contributed by atoms with Crippen molar-refractivity contribution >= 4 is 11.5 Å². The third kappa shape index (κ3) is 2.33. The number of nitrogens with one attached hydrogen (secondary N) is 1. The fraction of sp³-hybridized carbons (Fsp3) is 0.333. The summed E-state index contributed by atoms with van der Waals surface area (Å²) in [5, 5.41) is 16.3. The molecule has 0 aromatic carbocycles. The number of pyridine rings is 1. The molecule has 21 heavy (non-hydrogen) atoms. The van der Waals surface area contributed by atoms with E-state index in [4.69, 9.17) is 0 Å². The van der Waals surface area contributed by atoms with Crippen LogP contribution in [0.1, 0.15) is 35.8 Å². The maximum Gasteiger partial charge on any atom is 0.178 e. The van der Waals surface area contributed by atoms with Crippen LogP contribution in [-0.4, -0.2) is 24.8 Å². The van der Waals surface area contributed by atoms with Gasteiger partial charge in [-0.1, -0.05) is 6.07 Å². The normalized spacial score (nSPS) is 14.5. The van der Waals surface area contributed by atoms with Crippen LogP contribution in [0, 0.1) is 6.92 Å². The summed E-state index contributed by atoms with van der Waals surface area (Å²) in [6.07, 6.45) is 4.19. The van der Waals surface area contributed by atoms with Crippen LogP contribution in [0.3, 0.4) is 0 Å². The Morgan fingerprint density at radius 2 is 2.14 bits per heavy atom. The van der Waals surface area contributed by atoms with Crippen LogP contribution in [0.25, 0.3) is 5.65 Å². The summed E-state index contributed by atoms with van der Waals surface area (Å²) in [6, 6.07) is 7.88. The van der Waals surface area contributed by atoms with Crippen molar-refractivity contribution in [3.05, 3.63) is 47.5 Å². The van der Waals surface area contributed by atoms with Crippen molar-refractivity contribution in [2.75, 3.05) is 5.32 Å². The maximum absolute atomic E-state index is 4.59. The molecule has 0 saturated heterocycles. The maximum atomic E-state index is 4.59. The molecule has 6 heteroatoms. The lowest BCUT2D eigenvalue weighted by molar-refractivity contribution is 0.813. The van der Waals surface area contributed by atoms with Gasteiger partial charge >= 0.3 is 0 Å². The standard InChI is InChI=1S/C15H16N6/c1-10-3-2-8-16-12(10)9-17-13-6-7-14-18-19-15(11-4-5-11)21(14)20-13/h2-3,6-8,11H,4-5,9H2,1H3,(H,17,20). The van der Waals surface area contributed by atoms with Gasteiger partial charge in [0.15, 0.2) is 11.5 Å². The Kier molecular flexibility index (Phi) is 2.80. The van der Waals surface area contributed by atoms with Crippen molar-refractivity contribution in [1.29, 1.82) is 0 Å². The first-order chi connectivity index (χ1) is 10.3. The fourth-order valence-electron chi connectivity index (χ4n) is 2.37. The van der Waals surface area contributed by atoms with Crippen LogP contribution >= 0.6 is 0 Å². The van der Waals surface area contributed by atoms with E-state index >= 15 is 0 Å². The van der Waals surface area contributed by atoms with Gasteiger partial charge in [0.05, 0.1) is 12.2 Å². The van der Waals surface area contributed by atoms with Gasteiger partial charge in [0.25, 0.3) is 0 Å². The highest BCUT2D eigenvalue weighted by Gasteiger charge is 2.29. The molecule has 1 fully saturated rings. The van der Waals surface area contributed by atoms with Crippen molar-refractivity contribution in [3.63, 3.8) is 0 Å². The second-order valence-electron chi connectivity index (χ2n) is 5.44. The third-order valence-corrected chi connectivity index (χ3v) is 3.78. The summed E-state index contributed by atoms with van der Waals surface area (Å²) in [5.41, 5.74) is 3.01. The lowest BCUT2D eigenvalue weighted by Crippen LogP contribution is -2.07. The molecule has 1 saturated carbocycles. The number of hydrogen-bond donors (Lipinski definition) is 1. The predicted octanol–water partition coefficient (Wildman–Crippen LogP) is 2.32. The molecule has 3 heterocycles. The zero-order chi connectivity index (χ0) is 14.2. The molecular weight excluding hydrogens is 264 g/mol. The van der Waals surface area contributed by atoms with Gasteiger partial charge < -0.3 is 5.32 Å². The van der Waals surface area contributed by atoms with E-state index in [2.05, 4.69) is 38.6 Å². The second-order valence-corrected chi connectivity index (χ2v) is 5.44. The van der Waals surface area contributed by atoms with E-state index in [-0.39, 0.29) is 0 Å². The number of aromatic nitrogens is 5. The van der Waals surface area contributed by atoms with E-state index < -0.39 is 0 Å². The van der Waals surface area contributed by atoms with Crippen molar-refractivity contribution in [2.45, 2.75) is 32.2 Å². The van der Waals surface area contributed by atoms with Crippen molar-refractivity contribution in [1.82, 2.24) is 24.8 Å². The van der Waals surface area contributed by atoms with E-state index in [1.54, 1.807) is 0 Å². The van der Waals surface area contributed by atoms with Crippen molar-refractivity contribution in [2.24, 2.45) is 0 Å². The molecule has 1 aliphatic rings. The van der Waals surface area contributed by atoms with E-state index in [1.165, 1.54) is 18.4 Å². The first-order valence-electron chi connectivity index (χ1n) is 7.18. The van der Waals surface area contributed by atoms with E-state index in [0.29, 0.717) is 12.5 Å². The van der Waals surface area contributed by atoms with Gasteiger partial charge in [-0.25, -0.2) is 0 Å². The molecule has 0 unspecified atom stereocenters. The van der Waals surface area contributed by atoms with Crippen LogP contribution in [0.4, 0.5) is 5.82 Å². The SMILES string of the molecule is Cc1cccnc1CNc1ccc2nnc(C3CC3)n2n1. The molecule has 0 amide bonds. The Morgan fingerprint density at radius 1 is 1.24 bits per heavy atom. The zero-order valence-electron chi connectivity index (χ0n) is 11.8. The Bertz CT molecular complexity index is 790. The summed E-state index contributed by atoms with van der Waals surface area (Å²) < 4.78 is 1.85. The van der Waals surface area contributed by atoms with Crippen molar-refractivity contribution in [3.8, 4) is 0 Å². The number of rotatable bonds is 4. The van der Waals surface area contributed by atoms with E-state index in [1.807, 2.05) is 28.9 Å². The van der Waals surface area contributed by atoms with Gasteiger partial charge in [-0.3, -0.25) is 4.98 Å². The number of hydrogen-bond acceptors (Lipinski definition) is 5. The molecule has 3 aromatic heterocycles. The highest BCUT2D eigenvalue weighted by molar-refractivity contribution is 5.44. The molecule has 4 rings (SSSR count). The summed E-state index contributed by atoms with van der Waals surface area (Å²) in [6.45, 7) is 2.72. The van der Waals surface area contributed by atoms with Gasteiger partial charge in [0.2, 0.25) is 0 Å². The molecule has 1 N–H and O–H groups in total. The molecule has 0 atom stereocenters. The lowest BCUT2D eigenvalue weighted by Gasteiger charge is -2.07. The first-order valence-corrected chi connectivity index (χ1v) is 7.18. The summed E-state index contributed by atoms with van der Waals surface area (Å²) in [7, 11) is 0. The highest BCUT2D eigenvalue weighted by Crippen LogP contribution is 2.38. The predicted molar refractivity (Wildman–Crippen MR) is 79.1 cm³/mol. The summed E-state index contributed by atoms with van der Waals surface area (Å²) in [4.78, 5) is 4.38. The second kappa shape index (κ2) is 4.80. The van der Waals surface area contributed by atoms with Crippen LogP contribution in [0.2, 0.25) is 0 Å². The number of nitrogens with zero attached hydrogens (tertiary/aromatic N) is 5. The zero-order valence-corrected chi connectivity index (χ0v) is 11.8. The Labute approximate surface area is 122 Å². The topological polar surface area (TPSA) is 68.0 Å². The Balaban J connectivity index is 1.59. The molecule has 0 bridgehead atoms. The quantitative estimate of drug-likeness (QED) is 0.794. The van der Waals surface area contributed by atoms with Crippen LogP contribution in [0.15, 0.2) is 30.5 Å². The van der Waals surface area contributed by atoms with Crippen LogP contribution in [-0.2, 0) is 6.54 Å². The number of fused-ring (bicyclic) bond motifs is 1. The number of anilines is 1. The molecule has 6 nitrogen and oxygen atoms in total. The van der Waals surface area contributed by atoms with Crippen LogP contribution in [0.5, 0.6) is 0 Å². The molecule has 0 aliphatic heterocycles. The first kappa shape index (κ1) is 12.3. The molecule has 0 spiro atoms.